The van der Waals surface area contributed by atoms with Crippen LogP contribution >= 0.6 is 0 Å². The number of urea groups is 1. The van der Waals surface area contributed by atoms with Gasteiger partial charge in [0.25, 0.3) is 0 Å². The summed E-state index contributed by atoms with van der Waals surface area (Å²) in [5.74, 6) is 0.712. The lowest BCUT2D eigenvalue weighted by molar-refractivity contribution is -0.117. The molecule has 0 saturated carbocycles. The van der Waals surface area contributed by atoms with Crippen LogP contribution in [0.1, 0.15) is 6.92 Å². The molecule has 2 aromatic rings. The van der Waals surface area contributed by atoms with Crippen molar-refractivity contribution in [3.8, 4) is 11.5 Å². The Kier molecular flexibility index (Phi) is 6.22. The number of carbonyl (C=O) groups excluding carboxylic acids is 2. The lowest BCUT2D eigenvalue weighted by atomic mass is 10.2. The molecule has 0 heterocycles. The molecule has 0 aromatic heterocycles. The maximum Gasteiger partial charge on any atom is 0.319 e. The van der Waals surface area contributed by atoms with Gasteiger partial charge < -0.3 is 25.4 Å². The van der Waals surface area contributed by atoms with Gasteiger partial charge in [0.1, 0.15) is 17.5 Å². The van der Waals surface area contributed by atoms with Crippen molar-refractivity contribution >= 4 is 23.3 Å². The van der Waals surface area contributed by atoms with Crippen molar-refractivity contribution in [1.29, 1.82) is 0 Å². The fourth-order valence-electron chi connectivity index (χ4n) is 2.09. The van der Waals surface area contributed by atoms with Gasteiger partial charge in [-0.2, -0.15) is 0 Å². The molecule has 0 aliphatic rings. The summed E-state index contributed by atoms with van der Waals surface area (Å²) in [6.07, 6.45) is 0. The Hall–Kier alpha value is -3.22. The minimum absolute atomic E-state index is 0.369. The van der Waals surface area contributed by atoms with Crippen LogP contribution in [0.25, 0.3) is 0 Å². The Morgan fingerprint density at radius 1 is 0.960 bits per heavy atom. The zero-order valence-corrected chi connectivity index (χ0v) is 14.3. The van der Waals surface area contributed by atoms with E-state index in [-0.39, 0.29) is 5.91 Å². The highest BCUT2D eigenvalue weighted by Gasteiger charge is 2.17. The lowest BCUT2D eigenvalue weighted by Crippen LogP contribution is -2.43. The summed E-state index contributed by atoms with van der Waals surface area (Å²) >= 11 is 0. The van der Waals surface area contributed by atoms with E-state index in [4.69, 9.17) is 9.47 Å². The normalized spacial score (nSPS) is 11.2. The highest BCUT2D eigenvalue weighted by molar-refractivity contribution is 5.99. The van der Waals surface area contributed by atoms with E-state index in [0.29, 0.717) is 22.9 Å². The van der Waals surface area contributed by atoms with Crippen LogP contribution in [0.2, 0.25) is 0 Å². The van der Waals surface area contributed by atoms with Crippen LogP contribution < -0.4 is 25.4 Å². The molecule has 132 valence electrons. The Morgan fingerprint density at radius 3 is 2.32 bits per heavy atom. The van der Waals surface area contributed by atoms with Gasteiger partial charge in [0.15, 0.2) is 0 Å². The van der Waals surface area contributed by atoms with E-state index in [1.807, 2.05) is 18.2 Å². The van der Waals surface area contributed by atoms with Gasteiger partial charge in [-0.25, -0.2) is 4.79 Å². The summed E-state index contributed by atoms with van der Waals surface area (Å²) in [6.45, 7) is 1.59. The molecule has 0 spiro atoms. The third-order valence-electron chi connectivity index (χ3n) is 3.44. The van der Waals surface area contributed by atoms with Crippen LogP contribution in [0.4, 0.5) is 16.2 Å². The zero-order chi connectivity index (χ0) is 18.2. The van der Waals surface area contributed by atoms with Crippen molar-refractivity contribution in [1.82, 2.24) is 5.32 Å². The molecule has 7 heteroatoms. The first kappa shape index (κ1) is 18.1. The Balaban J connectivity index is 1.95. The molecule has 25 heavy (non-hydrogen) atoms. The molecule has 0 aliphatic heterocycles. The minimum Gasteiger partial charge on any atom is -0.497 e. The number of methoxy groups -OCH3 is 2. The third-order valence-corrected chi connectivity index (χ3v) is 3.44. The van der Waals surface area contributed by atoms with Crippen molar-refractivity contribution < 1.29 is 19.1 Å². The second-order valence-electron chi connectivity index (χ2n) is 5.24. The number of ether oxygens (including phenoxy) is 2. The van der Waals surface area contributed by atoms with Gasteiger partial charge in [-0.05, 0) is 31.2 Å². The quantitative estimate of drug-likeness (QED) is 0.752. The van der Waals surface area contributed by atoms with Crippen LogP contribution in [0.3, 0.4) is 0 Å². The second-order valence-corrected chi connectivity index (χ2v) is 5.24. The van der Waals surface area contributed by atoms with Crippen molar-refractivity contribution in [2.75, 3.05) is 24.9 Å². The van der Waals surface area contributed by atoms with E-state index in [0.717, 1.165) is 0 Å². The van der Waals surface area contributed by atoms with Crippen LogP contribution in [0, 0.1) is 0 Å². The molecule has 1 unspecified atom stereocenters. The summed E-state index contributed by atoms with van der Waals surface area (Å²) in [5.41, 5.74) is 1.13. The van der Waals surface area contributed by atoms with Crippen LogP contribution in [0.5, 0.6) is 11.5 Å². The largest absolute Gasteiger partial charge is 0.497 e. The minimum atomic E-state index is -0.740. The fraction of sp³-hybridized carbons (Fsp3) is 0.222. The van der Waals surface area contributed by atoms with E-state index in [9.17, 15) is 9.59 Å². The predicted molar refractivity (Wildman–Crippen MR) is 96.2 cm³/mol. The molecule has 0 radical (unpaired) electrons. The molecule has 3 N–H and O–H groups in total. The van der Waals surface area contributed by atoms with Crippen molar-refractivity contribution in [2.45, 2.75) is 13.0 Å². The average Bonchev–Trinajstić information content (AvgIpc) is 2.62. The number of benzene rings is 2. The van der Waals surface area contributed by atoms with E-state index in [1.54, 1.807) is 44.4 Å². The molecule has 0 aliphatic carbocycles. The monoisotopic (exact) mass is 343 g/mol. The third kappa shape index (κ3) is 5.13. The van der Waals surface area contributed by atoms with Gasteiger partial charge in [0.05, 0.1) is 19.9 Å². The number of hydrogen-bond donors (Lipinski definition) is 3. The maximum atomic E-state index is 12.3. The number of rotatable bonds is 6. The van der Waals surface area contributed by atoms with E-state index < -0.39 is 12.1 Å². The fourth-order valence-corrected chi connectivity index (χ4v) is 2.09. The number of carbonyl (C=O) groups is 2. The molecule has 7 nitrogen and oxygen atoms in total. The van der Waals surface area contributed by atoms with Gasteiger partial charge >= 0.3 is 6.03 Å². The first-order chi connectivity index (χ1) is 12.0. The number of para-hydroxylation sites is 1. The van der Waals surface area contributed by atoms with E-state index >= 15 is 0 Å². The van der Waals surface area contributed by atoms with Gasteiger partial charge in [0.2, 0.25) is 5.91 Å². The summed E-state index contributed by atoms with van der Waals surface area (Å²) in [7, 11) is 3.05. The molecule has 1 atom stereocenters. The smallest absolute Gasteiger partial charge is 0.319 e. The molecule has 0 fully saturated rings. The molecular weight excluding hydrogens is 322 g/mol. The van der Waals surface area contributed by atoms with Crippen molar-refractivity contribution in [2.24, 2.45) is 0 Å². The number of anilines is 2. The molecule has 3 amide bonds. The summed E-state index contributed by atoms with van der Waals surface area (Å²) in [6, 6.07) is 12.8. The van der Waals surface area contributed by atoms with Gasteiger partial charge in [-0.1, -0.05) is 18.2 Å². The van der Waals surface area contributed by atoms with Gasteiger partial charge in [-0.15, -0.1) is 0 Å². The number of nitrogens with one attached hydrogen (secondary N) is 3. The maximum absolute atomic E-state index is 12.3. The summed E-state index contributed by atoms with van der Waals surface area (Å²) < 4.78 is 10.3. The SMILES string of the molecule is COc1ccc(NC(=O)C(C)NC(=O)Nc2ccccc2)c(OC)c1. The van der Waals surface area contributed by atoms with Crippen LogP contribution in [-0.2, 0) is 4.79 Å². The van der Waals surface area contributed by atoms with Crippen molar-refractivity contribution in [3.63, 3.8) is 0 Å². The molecular formula is C18H21N3O4. The van der Waals surface area contributed by atoms with Crippen LogP contribution in [0.15, 0.2) is 48.5 Å². The summed E-state index contributed by atoms with van der Waals surface area (Å²) in [5, 5.41) is 7.96. The van der Waals surface area contributed by atoms with E-state index in [2.05, 4.69) is 16.0 Å². The molecule has 0 bridgehead atoms. The topological polar surface area (TPSA) is 88.7 Å². The lowest BCUT2D eigenvalue weighted by Gasteiger charge is -2.16. The Labute approximate surface area is 146 Å². The molecule has 2 rings (SSSR count). The summed E-state index contributed by atoms with van der Waals surface area (Å²) in [4.78, 5) is 24.2. The second kappa shape index (κ2) is 8.58. The Bertz CT molecular complexity index is 734. The van der Waals surface area contributed by atoms with Gasteiger partial charge in [-0.3, -0.25) is 4.79 Å². The zero-order valence-electron chi connectivity index (χ0n) is 14.3. The molecule has 2 aromatic carbocycles. The van der Waals surface area contributed by atoms with Crippen LogP contribution in [-0.4, -0.2) is 32.2 Å². The highest BCUT2D eigenvalue weighted by Crippen LogP contribution is 2.29. The predicted octanol–water partition coefficient (Wildman–Crippen LogP) is 2.85. The average molecular weight is 343 g/mol. The first-order valence-electron chi connectivity index (χ1n) is 7.69. The van der Waals surface area contributed by atoms with Gasteiger partial charge in [0, 0.05) is 11.8 Å². The standard InChI is InChI=1S/C18H21N3O4/c1-12(19-18(23)20-13-7-5-4-6-8-13)17(22)21-15-10-9-14(24-2)11-16(15)25-3/h4-12H,1-3H3,(H,21,22)(H2,19,20,23). The number of hydrogen-bond acceptors (Lipinski definition) is 4. The van der Waals surface area contributed by atoms with Crippen molar-refractivity contribution in [3.05, 3.63) is 48.5 Å². The Morgan fingerprint density at radius 2 is 1.68 bits per heavy atom. The van der Waals surface area contributed by atoms with E-state index in [1.165, 1.54) is 7.11 Å². The highest BCUT2D eigenvalue weighted by atomic mass is 16.5. The first-order valence-corrected chi connectivity index (χ1v) is 7.69. The number of amides is 3. The molecule has 0 saturated heterocycles.